The van der Waals surface area contributed by atoms with Gasteiger partial charge in [-0.25, -0.2) is 0 Å². The number of ether oxygens (including phenoxy) is 10. The summed E-state index contributed by atoms with van der Waals surface area (Å²) in [6, 6.07) is 0. The van der Waals surface area contributed by atoms with Crippen LogP contribution in [0.5, 0.6) is 0 Å². The third kappa shape index (κ3) is 11.7. The molecule has 0 aromatic carbocycles. The summed E-state index contributed by atoms with van der Waals surface area (Å²) in [6.45, 7) is -3.33. The van der Waals surface area contributed by atoms with Crippen LogP contribution in [0.15, 0.2) is 0 Å². The van der Waals surface area contributed by atoms with Gasteiger partial charge in [0.2, 0.25) is 0 Å². The molecule has 62 heavy (non-hydrogen) atoms. The quantitative estimate of drug-likeness (QED) is 0.0864. The van der Waals surface area contributed by atoms with Crippen molar-refractivity contribution in [2.45, 2.75) is 159 Å². The molecule has 0 aliphatic carbocycles. The van der Waals surface area contributed by atoms with Crippen molar-refractivity contribution in [3.63, 3.8) is 0 Å². The summed E-state index contributed by atoms with van der Waals surface area (Å²) < 4.78 is 53.2. The second kappa shape index (κ2) is 23.1. The second-order valence-electron chi connectivity index (χ2n) is 15.6. The number of aliphatic hydroxyl groups excluding tert-OH is 18. The normalized spacial score (nSPS) is 51.6. The molecular weight excluding hydrogens is 856 g/mol. The highest BCUT2D eigenvalue weighted by Gasteiger charge is 2.53. The maximum Gasteiger partial charge on any atom is 0.187 e. The minimum Gasteiger partial charge on any atom is -0.394 e. The first-order valence-electron chi connectivity index (χ1n) is 19.7. The molecule has 0 aromatic rings. The lowest BCUT2D eigenvalue weighted by Gasteiger charge is -2.47. The molecule has 0 bridgehead atoms. The first-order chi connectivity index (χ1) is 29.3. The fourth-order valence-corrected chi connectivity index (χ4v) is 7.33. The first kappa shape index (κ1) is 51.9. The number of hydrogen-bond acceptors (Lipinski definition) is 28. The van der Waals surface area contributed by atoms with E-state index in [4.69, 9.17) is 52.5 Å². The van der Waals surface area contributed by atoms with Crippen molar-refractivity contribution in [3.8, 4) is 0 Å². The molecule has 0 radical (unpaired) electrons. The van der Waals surface area contributed by atoms with E-state index in [2.05, 4.69) is 0 Å². The van der Waals surface area contributed by atoms with Gasteiger partial charge in [-0.1, -0.05) is 0 Å². The molecule has 0 unspecified atom stereocenters. The monoisotopic (exact) mass is 916 g/mol. The SMILES string of the molecule is OC[C@H]1O[C@@H](O[C@H]2COC[C@@H](O)[C@@H]2O)[C@H](O)[C@@H](O)[C@H]1O.OC[C@H]1O[C@@H](O[C@H]2[C@H](O)[C@@H](O)CO[C@@H]2CO)[C@H](O)[C@@H](O)[C@@H]1O[C@@H]1O[C@H](CO[C@H]2OC[C@@H](O)[C@H](O)[C@H]2O)[C@@H](O)[C@H](O)[C@H]1O. The van der Waals surface area contributed by atoms with E-state index in [0.29, 0.717) is 0 Å². The Morgan fingerprint density at radius 3 is 1.40 bits per heavy atom. The third-order valence-electron chi connectivity index (χ3n) is 11.2. The van der Waals surface area contributed by atoms with E-state index in [1.165, 1.54) is 0 Å². The van der Waals surface area contributed by atoms with Gasteiger partial charge >= 0.3 is 0 Å². The molecular formula is C34H60O28. The molecule has 0 saturated carbocycles. The lowest BCUT2D eigenvalue weighted by Crippen LogP contribution is -2.66. The number of aliphatic hydroxyl groups is 18. The van der Waals surface area contributed by atoms with Crippen LogP contribution in [0, 0.1) is 0 Å². The highest BCUT2D eigenvalue weighted by atomic mass is 16.8. The van der Waals surface area contributed by atoms with Gasteiger partial charge in [-0.15, -0.1) is 0 Å². The Bertz CT molecular complexity index is 1320. The van der Waals surface area contributed by atoms with Crippen molar-refractivity contribution in [1.82, 2.24) is 0 Å². The Morgan fingerprint density at radius 1 is 0.355 bits per heavy atom. The van der Waals surface area contributed by atoms with Gasteiger partial charge in [0, 0.05) is 0 Å². The fraction of sp³-hybridized carbons (Fsp3) is 1.00. The predicted molar refractivity (Wildman–Crippen MR) is 188 cm³/mol. The van der Waals surface area contributed by atoms with Gasteiger partial charge in [-0.2, -0.15) is 0 Å². The molecule has 6 saturated heterocycles. The Labute approximate surface area is 351 Å². The van der Waals surface area contributed by atoms with Crippen molar-refractivity contribution < 1.29 is 139 Å². The molecule has 6 fully saturated rings. The van der Waals surface area contributed by atoms with Crippen LogP contribution in [0.4, 0.5) is 0 Å². The molecule has 6 aliphatic heterocycles. The molecule has 0 spiro atoms. The standard InChI is InChI=1S/C23H40O19.C11H20O9/c24-1-8-19(12(29)7(27)3-36-8)41-23-18(35)15(32)20(9(2-25)39-23)42-22-17(34)14(31)13(30)10(40-22)5-38-21-16(33)11(28)6(26)4-37-21;12-1-5-8(15)9(16)10(17)11(19-5)20-6-3-18-2-4(13)7(6)14/h6-35H,1-5H2;4-17H,1-3H2/t6-,7+,8-,9-,10-,11+,12-,13-,14+,15-,16-,17-,18-,19-,20-,21-,22+,23+;4-,5-,6+,7+,8+,9+,10-,11+/m11/s1. The van der Waals surface area contributed by atoms with Crippen LogP contribution in [0.2, 0.25) is 0 Å². The lowest BCUT2D eigenvalue weighted by atomic mass is 9.96. The summed E-state index contributed by atoms with van der Waals surface area (Å²) >= 11 is 0. The van der Waals surface area contributed by atoms with Gasteiger partial charge in [0.1, 0.15) is 134 Å². The van der Waals surface area contributed by atoms with Crippen LogP contribution in [0.1, 0.15) is 0 Å². The molecule has 364 valence electrons. The van der Waals surface area contributed by atoms with Crippen LogP contribution >= 0.6 is 0 Å². The zero-order valence-corrected chi connectivity index (χ0v) is 32.8. The zero-order chi connectivity index (χ0) is 45.7. The topological polar surface area (TPSA) is 456 Å². The third-order valence-corrected chi connectivity index (χ3v) is 11.2. The van der Waals surface area contributed by atoms with Crippen LogP contribution in [-0.4, -0.2) is 304 Å². The van der Waals surface area contributed by atoms with Crippen molar-refractivity contribution in [1.29, 1.82) is 0 Å². The van der Waals surface area contributed by atoms with Gasteiger partial charge < -0.3 is 139 Å². The predicted octanol–water partition coefficient (Wildman–Crippen LogP) is -12.5. The maximum absolute atomic E-state index is 10.8. The Balaban J connectivity index is 0.000000302. The summed E-state index contributed by atoms with van der Waals surface area (Å²) in [5, 5.41) is 179. The number of rotatable bonds is 12. The minimum absolute atomic E-state index is 0.0206. The maximum atomic E-state index is 10.8. The molecule has 6 heterocycles. The summed E-state index contributed by atoms with van der Waals surface area (Å²) in [5.74, 6) is 0. The average Bonchev–Trinajstić information content (AvgIpc) is 3.26. The molecule has 26 atom stereocenters. The van der Waals surface area contributed by atoms with E-state index in [-0.39, 0.29) is 26.4 Å². The summed E-state index contributed by atoms with van der Waals surface area (Å²) in [4.78, 5) is 0. The van der Waals surface area contributed by atoms with Crippen LogP contribution in [0.25, 0.3) is 0 Å². The van der Waals surface area contributed by atoms with Gasteiger partial charge in [0.05, 0.1) is 52.9 Å². The molecule has 18 N–H and O–H groups in total. The van der Waals surface area contributed by atoms with E-state index in [1.54, 1.807) is 0 Å². The first-order valence-corrected chi connectivity index (χ1v) is 19.7. The largest absolute Gasteiger partial charge is 0.394 e. The summed E-state index contributed by atoms with van der Waals surface area (Å²) in [6.07, 6.45) is -39.3. The number of hydrogen-bond donors (Lipinski definition) is 18. The van der Waals surface area contributed by atoms with Crippen LogP contribution in [-0.2, 0) is 47.4 Å². The molecule has 28 nitrogen and oxygen atoms in total. The van der Waals surface area contributed by atoms with E-state index < -0.39 is 186 Å². The highest BCUT2D eigenvalue weighted by molar-refractivity contribution is 4.96. The van der Waals surface area contributed by atoms with Crippen molar-refractivity contribution in [2.24, 2.45) is 0 Å². The van der Waals surface area contributed by atoms with Crippen LogP contribution < -0.4 is 0 Å². The van der Waals surface area contributed by atoms with Gasteiger partial charge in [-0.3, -0.25) is 0 Å². The van der Waals surface area contributed by atoms with E-state index >= 15 is 0 Å². The smallest absolute Gasteiger partial charge is 0.187 e. The van der Waals surface area contributed by atoms with Crippen molar-refractivity contribution >= 4 is 0 Å². The molecule has 28 heteroatoms. The van der Waals surface area contributed by atoms with Crippen LogP contribution in [0.3, 0.4) is 0 Å². The fourth-order valence-electron chi connectivity index (χ4n) is 7.33. The second-order valence-corrected chi connectivity index (χ2v) is 15.6. The van der Waals surface area contributed by atoms with Gasteiger partial charge in [0.25, 0.3) is 0 Å². The van der Waals surface area contributed by atoms with Gasteiger partial charge in [-0.05, 0) is 0 Å². The molecule has 6 rings (SSSR count). The van der Waals surface area contributed by atoms with Crippen molar-refractivity contribution in [3.05, 3.63) is 0 Å². The molecule has 6 aliphatic rings. The Hall–Kier alpha value is -1.12. The lowest BCUT2D eigenvalue weighted by molar-refractivity contribution is -0.373. The Morgan fingerprint density at radius 2 is 0.806 bits per heavy atom. The van der Waals surface area contributed by atoms with Gasteiger partial charge in [0.15, 0.2) is 25.2 Å². The summed E-state index contributed by atoms with van der Waals surface area (Å²) in [7, 11) is 0. The molecule has 0 aromatic heterocycles. The zero-order valence-electron chi connectivity index (χ0n) is 32.8. The van der Waals surface area contributed by atoms with Crippen molar-refractivity contribution in [2.75, 3.05) is 52.9 Å². The average molecular weight is 917 g/mol. The molecule has 0 amide bonds. The van der Waals surface area contributed by atoms with E-state index in [9.17, 15) is 86.8 Å². The highest BCUT2D eigenvalue weighted by Crippen LogP contribution is 2.32. The summed E-state index contributed by atoms with van der Waals surface area (Å²) in [5.41, 5.74) is 0. The minimum atomic E-state index is -1.91. The van der Waals surface area contributed by atoms with E-state index in [1.807, 2.05) is 0 Å². The van der Waals surface area contributed by atoms with E-state index in [0.717, 1.165) is 0 Å². The Kier molecular flexibility index (Phi) is 19.3.